The number of aromatic nitrogens is 1. The van der Waals surface area contributed by atoms with Crippen LogP contribution in [0.15, 0.2) is 10.7 Å². The van der Waals surface area contributed by atoms with Gasteiger partial charge in [-0.15, -0.1) is 0 Å². The summed E-state index contributed by atoms with van der Waals surface area (Å²) in [6.45, 7) is 0. The van der Waals surface area contributed by atoms with Gasteiger partial charge in [0.25, 0.3) is 6.43 Å². The molecule has 0 spiro atoms. The summed E-state index contributed by atoms with van der Waals surface area (Å²) < 4.78 is 37.8. The molecule has 0 amide bonds. The van der Waals surface area contributed by atoms with Crippen molar-refractivity contribution in [2.45, 2.75) is 12.8 Å². The molecule has 0 aliphatic carbocycles. The van der Waals surface area contributed by atoms with Crippen molar-refractivity contribution < 1.29 is 13.2 Å². The minimum Gasteiger partial charge on any atom is -0.256 e. The molecule has 0 N–H and O–H groups in total. The van der Waals surface area contributed by atoms with Gasteiger partial charge in [0.15, 0.2) is 5.82 Å². The third kappa shape index (κ3) is 2.04. The van der Waals surface area contributed by atoms with E-state index in [1.54, 1.807) is 6.07 Å². The lowest BCUT2D eigenvalue weighted by Crippen LogP contribution is -2.01. The summed E-state index contributed by atoms with van der Waals surface area (Å²) in [6.07, 6.45) is -2.18. The second kappa shape index (κ2) is 4.42. The van der Waals surface area contributed by atoms with Crippen LogP contribution in [0, 0.1) is 17.1 Å². The lowest BCUT2D eigenvalue weighted by molar-refractivity contribution is 0.145. The molecular formula is C8H4BrF3N2. The topological polar surface area (TPSA) is 36.7 Å². The molecule has 0 atom stereocenters. The minimum absolute atomic E-state index is 0.0910. The molecule has 0 unspecified atom stereocenters. The number of rotatable bonds is 2. The molecular weight excluding hydrogens is 261 g/mol. The number of nitrogens with zero attached hydrogens (tertiary/aromatic N) is 2. The molecule has 6 heteroatoms. The fourth-order valence-electron chi connectivity index (χ4n) is 0.919. The molecule has 1 rings (SSSR count). The van der Waals surface area contributed by atoms with Gasteiger partial charge in [0.05, 0.1) is 23.7 Å². The Hall–Kier alpha value is -1.09. The summed E-state index contributed by atoms with van der Waals surface area (Å²) in [6, 6.07) is 1.65. The van der Waals surface area contributed by atoms with Gasteiger partial charge in [0.1, 0.15) is 0 Å². The van der Waals surface area contributed by atoms with Crippen molar-refractivity contribution >= 4 is 15.9 Å². The minimum atomic E-state index is -2.93. The zero-order chi connectivity index (χ0) is 10.7. The van der Waals surface area contributed by atoms with E-state index >= 15 is 0 Å². The van der Waals surface area contributed by atoms with Gasteiger partial charge in [-0.2, -0.15) is 5.26 Å². The molecule has 0 saturated carbocycles. The summed E-state index contributed by atoms with van der Waals surface area (Å²) in [4.78, 5) is 3.53. The molecule has 1 aromatic heterocycles. The molecule has 0 saturated heterocycles. The van der Waals surface area contributed by atoms with Gasteiger partial charge >= 0.3 is 0 Å². The van der Waals surface area contributed by atoms with Crippen LogP contribution in [0.1, 0.15) is 17.7 Å². The Balaban J connectivity index is 3.28. The monoisotopic (exact) mass is 264 g/mol. The predicted octanol–water partition coefficient (Wildman–Crippen LogP) is 2.99. The Bertz CT molecular complexity index is 387. The van der Waals surface area contributed by atoms with Crippen LogP contribution in [-0.2, 0) is 6.42 Å². The van der Waals surface area contributed by atoms with Gasteiger partial charge in [0.2, 0.25) is 0 Å². The van der Waals surface area contributed by atoms with E-state index in [2.05, 4.69) is 20.9 Å². The third-order valence-corrected chi connectivity index (χ3v) is 2.18. The number of pyridine rings is 1. The lowest BCUT2D eigenvalue weighted by atomic mass is 10.2. The van der Waals surface area contributed by atoms with Crippen LogP contribution < -0.4 is 0 Å². The Morgan fingerprint density at radius 1 is 1.57 bits per heavy atom. The molecule has 0 fully saturated rings. The van der Waals surface area contributed by atoms with Crippen LogP contribution >= 0.6 is 15.9 Å². The Morgan fingerprint density at radius 2 is 2.21 bits per heavy atom. The molecule has 1 aromatic rings. The van der Waals surface area contributed by atoms with Gasteiger partial charge in [0, 0.05) is 10.7 Å². The number of halogens is 4. The largest absolute Gasteiger partial charge is 0.267 e. The lowest BCUT2D eigenvalue weighted by Gasteiger charge is -2.06. The van der Waals surface area contributed by atoms with Gasteiger partial charge in [-0.25, -0.2) is 13.2 Å². The van der Waals surface area contributed by atoms with Crippen LogP contribution in [0.2, 0.25) is 0 Å². The summed E-state index contributed by atoms with van der Waals surface area (Å²) in [7, 11) is 0. The zero-order valence-electron chi connectivity index (χ0n) is 6.77. The standard InChI is InChI=1S/C8H4BrF3N2/c9-4-3-14-5(1-2-13)7(10)6(4)8(11)12/h3,8H,1H2. The maximum absolute atomic E-state index is 13.2. The van der Waals surface area contributed by atoms with Gasteiger partial charge in [-0.1, -0.05) is 0 Å². The molecule has 0 aliphatic heterocycles. The van der Waals surface area contributed by atoms with Gasteiger partial charge in [-0.05, 0) is 15.9 Å². The highest BCUT2D eigenvalue weighted by atomic mass is 79.9. The maximum atomic E-state index is 13.2. The first-order valence-corrected chi connectivity index (χ1v) is 4.35. The zero-order valence-corrected chi connectivity index (χ0v) is 8.35. The number of hydrogen-bond acceptors (Lipinski definition) is 2. The summed E-state index contributed by atoms with van der Waals surface area (Å²) in [5.74, 6) is -1.11. The van der Waals surface area contributed by atoms with E-state index in [0.29, 0.717) is 0 Å². The van der Waals surface area contributed by atoms with Crippen LogP contribution in [0.3, 0.4) is 0 Å². The summed E-state index contributed by atoms with van der Waals surface area (Å²) in [5, 5.41) is 8.29. The van der Waals surface area contributed by atoms with E-state index in [1.165, 1.54) is 0 Å². The highest BCUT2D eigenvalue weighted by Crippen LogP contribution is 2.30. The molecule has 1 heterocycles. The smallest absolute Gasteiger partial charge is 0.256 e. The molecule has 0 aromatic carbocycles. The van der Waals surface area contributed by atoms with Crippen molar-refractivity contribution in [3.8, 4) is 6.07 Å². The van der Waals surface area contributed by atoms with Crippen LogP contribution in [0.5, 0.6) is 0 Å². The first kappa shape index (κ1) is 11.0. The molecule has 74 valence electrons. The normalized spacial score (nSPS) is 10.3. The number of nitriles is 1. The highest BCUT2D eigenvalue weighted by Gasteiger charge is 2.20. The van der Waals surface area contributed by atoms with Gasteiger partial charge < -0.3 is 0 Å². The molecule has 0 bridgehead atoms. The Morgan fingerprint density at radius 3 is 2.71 bits per heavy atom. The van der Waals surface area contributed by atoms with Crippen LogP contribution in [0.4, 0.5) is 13.2 Å². The Labute approximate surface area is 86.5 Å². The fraction of sp³-hybridized carbons (Fsp3) is 0.250. The predicted molar refractivity (Wildman–Crippen MR) is 46.2 cm³/mol. The second-order valence-corrected chi connectivity index (χ2v) is 3.27. The van der Waals surface area contributed by atoms with Crippen molar-refractivity contribution in [3.63, 3.8) is 0 Å². The Kier molecular flexibility index (Phi) is 3.47. The van der Waals surface area contributed by atoms with Crippen molar-refractivity contribution in [3.05, 3.63) is 27.7 Å². The first-order valence-electron chi connectivity index (χ1n) is 3.55. The average Bonchev–Trinajstić information content (AvgIpc) is 2.10. The highest BCUT2D eigenvalue weighted by molar-refractivity contribution is 9.10. The second-order valence-electron chi connectivity index (χ2n) is 2.42. The van der Waals surface area contributed by atoms with Crippen molar-refractivity contribution in [1.82, 2.24) is 4.98 Å². The van der Waals surface area contributed by atoms with Crippen LogP contribution in [-0.4, -0.2) is 4.98 Å². The van der Waals surface area contributed by atoms with E-state index in [0.717, 1.165) is 6.20 Å². The molecule has 2 nitrogen and oxygen atoms in total. The summed E-state index contributed by atoms with van der Waals surface area (Å²) in [5.41, 5.74) is -1.00. The molecule has 0 aliphatic rings. The fourth-order valence-corrected chi connectivity index (χ4v) is 1.37. The quantitative estimate of drug-likeness (QED) is 0.824. The third-order valence-electron chi connectivity index (χ3n) is 1.55. The number of alkyl halides is 2. The van der Waals surface area contributed by atoms with E-state index in [-0.39, 0.29) is 16.6 Å². The maximum Gasteiger partial charge on any atom is 0.267 e. The molecule has 14 heavy (non-hydrogen) atoms. The van der Waals surface area contributed by atoms with Crippen LogP contribution in [0.25, 0.3) is 0 Å². The van der Waals surface area contributed by atoms with Gasteiger partial charge in [-0.3, -0.25) is 4.98 Å². The average molecular weight is 265 g/mol. The SMILES string of the molecule is N#CCc1ncc(Br)c(C(F)F)c1F. The van der Waals surface area contributed by atoms with E-state index in [4.69, 9.17) is 5.26 Å². The first-order chi connectivity index (χ1) is 6.57. The van der Waals surface area contributed by atoms with Crippen molar-refractivity contribution in [2.24, 2.45) is 0 Å². The van der Waals surface area contributed by atoms with E-state index in [9.17, 15) is 13.2 Å². The number of hydrogen-bond donors (Lipinski definition) is 0. The van der Waals surface area contributed by atoms with E-state index < -0.39 is 17.8 Å². The van der Waals surface area contributed by atoms with Crippen molar-refractivity contribution in [2.75, 3.05) is 0 Å². The van der Waals surface area contributed by atoms with E-state index in [1.807, 2.05) is 0 Å². The van der Waals surface area contributed by atoms with Crippen molar-refractivity contribution in [1.29, 1.82) is 5.26 Å². The molecule has 0 radical (unpaired) electrons. The summed E-state index contributed by atoms with van der Waals surface area (Å²) >= 11 is 2.77.